The zero-order valence-corrected chi connectivity index (χ0v) is 15.6. The van der Waals surface area contributed by atoms with Crippen LogP contribution in [0.2, 0.25) is 0 Å². The maximum atomic E-state index is 13.2. The molecule has 1 aliphatic rings. The molecule has 1 saturated heterocycles. The lowest BCUT2D eigenvalue weighted by molar-refractivity contribution is -0.129. The lowest BCUT2D eigenvalue weighted by Crippen LogP contribution is -2.32. The van der Waals surface area contributed by atoms with Crippen LogP contribution in [-0.2, 0) is 11.2 Å². The fraction of sp³-hybridized carbons (Fsp3) is 0.600. The largest absolute Gasteiger partial charge is 0.346 e. The molecular formula is C20H29FN4O. The van der Waals surface area contributed by atoms with Crippen LogP contribution in [0.25, 0.3) is 11.0 Å². The van der Waals surface area contributed by atoms with Crippen molar-refractivity contribution in [3.8, 4) is 0 Å². The van der Waals surface area contributed by atoms with E-state index in [4.69, 9.17) is 0 Å². The molecule has 6 heteroatoms. The van der Waals surface area contributed by atoms with Gasteiger partial charge < -0.3 is 14.8 Å². The van der Waals surface area contributed by atoms with Crippen molar-refractivity contribution in [1.82, 2.24) is 19.8 Å². The maximum absolute atomic E-state index is 13.2. The number of aromatic nitrogens is 2. The summed E-state index contributed by atoms with van der Waals surface area (Å²) in [6.07, 6.45) is 7.29. The number of carbonyl (C=O) groups is 1. The van der Waals surface area contributed by atoms with Gasteiger partial charge in [0.25, 0.3) is 0 Å². The van der Waals surface area contributed by atoms with E-state index in [0.29, 0.717) is 18.4 Å². The first-order valence-electron chi connectivity index (χ1n) is 9.72. The van der Waals surface area contributed by atoms with Gasteiger partial charge in [0.1, 0.15) is 11.6 Å². The van der Waals surface area contributed by atoms with Crippen molar-refractivity contribution >= 4 is 16.9 Å². The summed E-state index contributed by atoms with van der Waals surface area (Å²) in [7, 11) is 1.87. The molecule has 0 saturated carbocycles. The Kier molecular flexibility index (Phi) is 6.61. The second kappa shape index (κ2) is 9.12. The molecule has 0 radical (unpaired) electrons. The molecule has 1 amide bonds. The second-order valence-corrected chi connectivity index (χ2v) is 7.27. The summed E-state index contributed by atoms with van der Waals surface area (Å²) in [5.74, 6) is 0.581. The SMILES string of the molecule is CN(CCCN1CCCCCC1)C(=O)CCc1nc2ccc(F)cc2[nH]1. The molecule has 1 aliphatic heterocycles. The zero-order chi connectivity index (χ0) is 18.4. The fourth-order valence-electron chi connectivity index (χ4n) is 3.59. The number of fused-ring (bicyclic) bond motifs is 1. The Bertz CT molecular complexity index is 722. The van der Waals surface area contributed by atoms with E-state index in [2.05, 4.69) is 14.9 Å². The van der Waals surface area contributed by atoms with Gasteiger partial charge in [0.15, 0.2) is 0 Å². The van der Waals surface area contributed by atoms with Crippen LogP contribution in [0, 0.1) is 5.82 Å². The van der Waals surface area contributed by atoms with Crippen LogP contribution in [0.3, 0.4) is 0 Å². The quantitative estimate of drug-likeness (QED) is 0.824. The Morgan fingerprint density at radius 3 is 2.81 bits per heavy atom. The van der Waals surface area contributed by atoms with Crippen LogP contribution in [0.15, 0.2) is 18.2 Å². The van der Waals surface area contributed by atoms with Gasteiger partial charge in [-0.3, -0.25) is 4.79 Å². The Labute approximate surface area is 154 Å². The number of imidazole rings is 1. The van der Waals surface area contributed by atoms with Crippen LogP contribution >= 0.6 is 0 Å². The minimum absolute atomic E-state index is 0.132. The molecule has 26 heavy (non-hydrogen) atoms. The smallest absolute Gasteiger partial charge is 0.222 e. The van der Waals surface area contributed by atoms with Crippen molar-refractivity contribution < 1.29 is 9.18 Å². The first-order chi connectivity index (χ1) is 12.6. The molecule has 1 N–H and O–H groups in total. The molecule has 0 bridgehead atoms. The second-order valence-electron chi connectivity index (χ2n) is 7.27. The van der Waals surface area contributed by atoms with E-state index in [1.165, 1.54) is 50.9 Å². The van der Waals surface area contributed by atoms with Crippen LogP contribution in [-0.4, -0.2) is 58.9 Å². The van der Waals surface area contributed by atoms with Crippen LogP contribution in [0.1, 0.15) is 44.3 Å². The summed E-state index contributed by atoms with van der Waals surface area (Å²) < 4.78 is 13.2. The van der Waals surface area contributed by atoms with Crippen molar-refractivity contribution in [2.75, 3.05) is 33.2 Å². The highest BCUT2D eigenvalue weighted by molar-refractivity contribution is 5.77. The average molecular weight is 360 g/mol. The molecule has 5 nitrogen and oxygen atoms in total. The van der Waals surface area contributed by atoms with E-state index in [1.54, 1.807) is 6.07 Å². The number of aromatic amines is 1. The zero-order valence-electron chi connectivity index (χ0n) is 15.6. The van der Waals surface area contributed by atoms with E-state index in [1.807, 2.05) is 11.9 Å². The maximum Gasteiger partial charge on any atom is 0.222 e. The Morgan fingerprint density at radius 2 is 2.04 bits per heavy atom. The predicted octanol–water partition coefficient (Wildman–Crippen LogP) is 3.36. The average Bonchev–Trinajstić information content (AvgIpc) is 2.84. The third-order valence-electron chi connectivity index (χ3n) is 5.16. The van der Waals surface area contributed by atoms with Crippen LogP contribution in [0.4, 0.5) is 4.39 Å². The number of likely N-dealkylation sites (tertiary alicyclic amines) is 1. The van der Waals surface area contributed by atoms with Gasteiger partial charge >= 0.3 is 0 Å². The minimum Gasteiger partial charge on any atom is -0.346 e. The number of rotatable bonds is 7. The molecule has 2 heterocycles. The van der Waals surface area contributed by atoms with Crippen molar-refractivity contribution in [2.45, 2.75) is 44.9 Å². The number of carbonyl (C=O) groups excluding carboxylic acids is 1. The van der Waals surface area contributed by atoms with Crippen molar-refractivity contribution in [3.63, 3.8) is 0 Å². The molecule has 0 aliphatic carbocycles. The molecule has 0 atom stereocenters. The number of amides is 1. The molecular weight excluding hydrogens is 331 g/mol. The monoisotopic (exact) mass is 360 g/mol. The fourth-order valence-corrected chi connectivity index (χ4v) is 3.59. The lowest BCUT2D eigenvalue weighted by atomic mass is 10.2. The molecule has 2 aromatic rings. The summed E-state index contributed by atoms with van der Waals surface area (Å²) in [4.78, 5) is 24.2. The number of benzene rings is 1. The number of halogens is 1. The molecule has 0 unspecified atom stereocenters. The minimum atomic E-state index is -0.284. The van der Waals surface area contributed by atoms with E-state index in [9.17, 15) is 9.18 Å². The van der Waals surface area contributed by atoms with Gasteiger partial charge in [-0.1, -0.05) is 12.8 Å². The number of nitrogens with one attached hydrogen (secondary N) is 1. The molecule has 0 spiro atoms. The number of nitrogens with zero attached hydrogens (tertiary/aromatic N) is 3. The molecule has 3 rings (SSSR count). The standard InChI is InChI=1S/C20H29FN4O/c1-24(11-6-14-25-12-4-2-3-5-13-25)20(26)10-9-19-22-17-8-7-16(21)15-18(17)23-19/h7-8,15H,2-6,9-14H2,1H3,(H,22,23). The number of hydrogen-bond donors (Lipinski definition) is 1. The first kappa shape index (κ1) is 18.8. The summed E-state index contributed by atoms with van der Waals surface area (Å²) in [6.45, 7) is 4.27. The molecule has 1 aromatic carbocycles. The summed E-state index contributed by atoms with van der Waals surface area (Å²) in [6, 6.07) is 4.49. The predicted molar refractivity (Wildman–Crippen MR) is 102 cm³/mol. The van der Waals surface area contributed by atoms with Gasteiger partial charge in [-0.25, -0.2) is 9.37 Å². The Morgan fingerprint density at radius 1 is 1.27 bits per heavy atom. The van der Waals surface area contributed by atoms with Gasteiger partial charge in [0, 0.05) is 26.4 Å². The molecule has 142 valence electrons. The van der Waals surface area contributed by atoms with E-state index in [0.717, 1.165) is 30.9 Å². The Balaban J connectivity index is 1.40. The topological polar surface area (TPSA) is 52.2 Å². The number of H-pyrrole nitrogens is 1. The summed E-state index contributed by atoms with van der Waals surface area (Å²) in [5, 5.41) is 0. The summed E-state index contributed by atoms with van der Waals surface area (Å²) in [5.41, 5.74) is 1.41. The van der Waals surface area contributed by atoms with Gasteiger partial charge in [0.05, 0.1) is 11.0 Å². The van der Waals surface area contributed by atoms with Crippen molar-refractivity contribution in [3.05, 3.63) is 29.8 Å². The van der Waals surface area contributed by atoms with E-state index < -0.39 is 0 Å². The highest BCUT2D eigenvalue weighted by Gasteiger charge is 2.13. The van der Waals surface area contributed by atoms with E-state index in [-0.39, 0.29) is 11.7 Å². The van der Waals surface area contributed by atoms with Gasteiger partial charge in [-0.2, -0.15) is 0 Å². The Hall–Kier alpha value is -1.95. The van der Waals surface area contributed by atoms with Gasteiger partial charge in [-0.15, -0.1) is 0 Å². The van der Waals surface area contributed by atoms with E-state index >= 15 is 0 Å². The van der Waals surface area contributed by atoms with Crippen molar-refractivity contribution in [1.29, 1.82) is 0 Å². The third-order valence-corrected chi connectivity index (χ3v) is 5.16. The normalized spacial score (nSPS) is 15.9. The van der Waals surface area contributed by atoms with Crippen LogP contribution in [0.5, 0.6) is 0 Å². The van der Waals surface area contributed by atoms with Gasteiger partial charge in [0.2, 0.25) is 5.91 Å². The van der Waals surface area contributed by atoms with Crippen molar-refractivity contribution in [2.24, 2.45) is 0 Å². The number of aryl methyl sites for hydroxylation is 1. The third kappa shape index (κ3) is 5.27. The van der Waals surface area contributed by atoms with Crippen LogP contribution < -0.4 is 0 Å². The highest BCUT2D eigenvalue weighted by Crippen LogP contribution is 2.14. The molecule has 1 aromatic heterocycles. The molecule has 1 fully saturated rings. The summed E-state index contributed by atoms with van der Waals surface area (Å²) >= 11 is 0. The van der Waals surface area contributed by atoms with Gasteiger partial charge in [-0.05, 0) is 57.1 Å². The number of hydrogen-bond acceptors (Lipinski definition) is 3. The lowest BCUT2D eigenvalue weighted by Gasteiger charge is -2.22. The highest BCUT2D eigenvalue weighted by atomic mass is 19.1. The first-order valence-corrected chi connectivity index (χ1v) is 9.72.